The smallest absolute Gasteiger partial charge is 0.481 e. The lowest BCUT2D eigenvalue weighted by Crippen LogP contribution is -2.17. The van der Waals surface area contributed by atoms with Gasteiger partial charge in [-0.15, -0.1) is 13.2 Å². The van der Waals surface area contributed by atoms with Gasteiger partial charge in [0, 0.05) is 0 Å². The summed E-state index contributed by atoms with van der Waals surface area (Å²) in [5.74, 6) is -1.52. The van der Waals surface area contributed by atoms with E-state index in [9.17, 15) is 18.0 Å². The van der Waals surface area contributed by atoms with E-state index in [1.807, 2.05) is 0 Å². The van der Waals surface area contributed by atoms with Gasteiger partial charge in [0.2, 0.25) is 0 Å². The summed E-state index contributed by atoms with van der Waals surface area (Å²) in [6.45, 7) is 1.69. The zero-order valence-electron chi connectivity index (χ0n) is 8.99. The van der Waals surface area contributed by atoms with Gasteiger partial charge < -0.3 is 9.84 Å². The van der Waals surface area contributed by atoms with E-state index < -0.39 is 12.3 Å². The number of carboxylic acids is 1. The van der Waals surface area contributed by atoms with Crippen LogP contribution < -0.4 is 4.74 Å². The Balaban J connectivity index is 2.71. The molecule has 94 valence electrons. The molecule has 6 heteroatoms. The molecule has 1 rings (SSSR count). The predicted octanol–water partition coefficient (Wildman–Crippen LogP) is 3.16. The van der Waals surface area contributed by atoms with Crippen LogP contribution in [-0.4, -0.2) is 17.4 Å². The molecule has 0 bridgehead atoms. The van der Waals surface area contributed by atoms with Crippen molar-refractivity contribution in [3.63, 3.8) is 0 Å². The molecule has 1 aromatic carbocycles. The Morgan fingerprint density at radius 3 is 2.29 bits per heavy atom. The SMILES string of the molecule is CC(CC(=O)O)c1ccc(OC(F)(F)F)cc1. The third kappa shape index (κ3) is 4.76. The first-order valence-corrected chi connectivity index (χ1v) is 4.85. The number of hydrogen-bond acceptors (Lipinski definition) is 2. The van der Waals surface area contributed by atoms with Crippen LogP contribution in [0.5, 0.6) is 5.75 Å². The molecule has 1 atom stereocenters. The van der Waals surface area contributed by atoms with Gasteiger partial charge in [-0.3, -0.25) is 4.79 Å². The van der Waals surface area contributed by atoms with Gasteiger partial charge in [-0.25, -0.2) is 0 Å². The largest absolute Gasteiger partial charge is 0.573 e. The molecule has 0 amide bonds. The lowest BCUT2D eigenvalue weighted by molar-refractivity contribution is -0.274. The molecule has 0 aromatic heterocycles. The predicted molar refractivity (Wildman–Crippen MR) is 53.8 cm³/mol. The summed E-state index contributed by atoms with van der Waals surface area (Å²) in [6.07, 6.45) is -4.78. The molecule has 0 spiro atoms. The molecule has 17 heavy (non-hydrogen) atoms. The van der Waals surface area contributed by atoms with Crippen molar-refractivity contribution in [2.24, 2.45) is 0 Å². The minimum absolute atomic E-state index is 0.0700. The number of ether oxygens (including phenoxy) is 1. The van der Waals surface area contributed by atoms with Gasteiger partial charge in [0.1, 0.15) is 5.75 Å². The van der Waals surface area contributed by atoms with Crippen molar-refractivity contribution in [3.05, 3.63) is 29.8 Å². The van der Waals surface area contributed by atoms with E-state index in [4.69, 9.17) is 5.11 Å². The molecule has 0 aliphatic heterocycles. The van der Waals surface area contributed by atoms with Crippen LogP contribution in [-0.2, 0) is 4.79 Å². The molecule has 1 N–H and O–H groups in total. The Morgan fingerprint density at radius 1 is 1.35 bits per heavy atom. The second kappa shape index (κ2) is 5.07. The van der Waals surface area contributed by atoms with E-state index in [2.05, 4.69) is 4.74 Å². The highest BCUT2D eigenvalue weighted by molar-refractivity contribution is 5.67. The number of aliphatic carboxylic acids is 1. The van der Waals surface area contributed by atoms with Gasteiger partial charge in [-0.1, -0.05) is 19.1 Å². The van der Waals surface area contributed by atoms with Gasteiger partial charge in [-0.2, -0.15) is 0 Å². The third-order valence-electron chi connectivity index (χ3n) is 2.16. The molecule has 0 aliphatic rings. The van der Waals surface area contributed by atoms with Crippen molar-refractivity contribution in [1.82, 2.24) is 0 Å². The molecule has 0 fully saturated rings. The van der Waals surface area contributed by atoms with Crippen LogP contribution in [0.2, 0.25) is 0 Å². The van der Waals surface area contributed by atoms with Crippen molar-refractivity contribution >= 4 is 5.97 Å². The van der Waals surface area contributed by atoms with Crippen LogP contribution in [0.1, 0.15) is 24.8 Å². The monoisotopic (exact) mass is 248 g/mol. The Morgan fingerprint density at radius 2 is 1.88 bits per heavy atom. The van der Waals surface area contributed by atoms with Gasteiger partial charge in [0.15, 0.2) is 0 Å². The van der Waals surface area contributed by atoms with E-state index in [1.165, 1.54) is 24.3 Å². The second-order valence-electron chi connectivity index (χ2n) is 3.62. The van der Waals surface area contributed by atoms with Gasteiger partial charge in [0.05, 0.1) is 6.42 Å². The maximum absolute atomic E-state index is 11.9. The summed E-state index contributed by atoms with van der Waals surface area (Å²) in [6, 6.07) is 5.19. The minimum Gasteiger partial charge on any atom is -0.481 e. The lowest BCUT2D eigenvalue weighted by atomic mass is 9.98. The van der Waals surface area contributed by atoms with Crippen LogP contribution in [0.25, 0.3) is 0 Å². The van der Waals surface area contributed by atoms with E-state index in [0.29, 0.717) is 5.56 Å². The quantitative estimate of drug-likeness (QED) is 0.890. The number of halogens is 3. The van der Waals surface area contributed by atoms with Gasteiger partial charge in [-0.05, 0) is 23.6 Å². The summed E-state index contributed by atoms with van der Waals surface area (Å²) in [5.41, 5.74) is 0.655. The molecular weight excluding hydrogens is 237 g/mol. The fraction of sp³-hybridized carbons (Fsp3) is 0.364. The van der Waals surface area contributed by atoms with Crippen LogP contribution in [0, 0.1) is 0 Å². The maximum atomic E-state index is 11.9. The summed E-state index contributed by atoms with van der Waals surface area (Å²) in [4.78, 5) is 10.5. The number of hydrogen-bond donors (Lipinski definition) is 1. The van der Waals surface area contributed by atoms with Gasteiger partial charge in [0.25, 0.3) is 0 Å². The number of benzene rings is 1. The Kier molecular flexibility index (Phi) is 3.98. The number of carbonyl (C=O) groups is 1. The van der Waals surface area contributed by atoms with Gasteiger partial charge >= 0.3 is 12.3 Å². The summed E-state index contributed by atoms with van der Waals surface area (Å²) in [5, 5.41) is 8.58. The topological polar surface area (TPSA) is 46.5 Å². The standard InChI is InChI=1S/C11H11F3O3/c1-7(6-10(15)16)8-2-4-9(5-3-8)17-11(12,13)14/h2-5,7H,6H2,1H3,(H,15,16). The minimum atomic E-state index is -4.71. The van der Waals surface area contributed by atoms with Crippen molar-refractivity contribution < 1.29 is 27.8 Å². The fourth-order valence-electron chi connectivity index (χ4n) is 1.38. The third-order valence-corrected chi connectivity index (χ3v) is 2.16. The van der Waals surface area contributed by atoms with E-state index in [1.54, 1.807) is 6.92 Å². The van der Waals surface area contributed by atoms with Crippen molar-refractivity contribution in [3.8, 4) is 5.75 Å². The fourth-order valence-corrected chi connectivity index (χ4v) is 1.38. The van der Waals surface area contributed by atoms with E-state index >= 15 is 0 Å². The highest BCUT2D eigenvalue weighted by atomic mass is 19.4. The molecule has 0 radical (unpaired) electrons. The second-order valence-corrected chi connectivity index (χ2v) is 3.62. The highest BCUT2D eigenvalue weighted by Crippen LogP contribution is 2.25. The summed E-state index contributed by atoms with van der Waals surface area (Å²) >= 11 is 0. The normalized spacial score (nSPS) is 13.2. The lowest BCUT2D eigenvalue weighted by Gasteiger charge is -2.11. The summed E-state index contributed by atoms with van der Waals surface area (Å²) in [7, 11) is 0. The molecule has 0 saturated heterocycles. The van der Waals surface area contributed by atoms with Crippen molar-refractivity contribution in [2.45, 2.75) is 25.6 Å². The number of carboxylic acid groups (broad SMARTS) is 1. The van der Waals surface area contributed by atoms with E-state index in [-0.39, 0.29) is 18.1 Å². The van der Waals surface area contributed by atoms with Crippen molar-refractivity contribution in [1.29, 1.82) is 0 Å². The number of alkyl halides is 3. The van der Waals surface area contributed by atoms with Crippen LogP contribution >= 0.6 is 0 Å². The molecule has 1 aromatic rings. The van der Waals surface area contributed by atoms with Crippen molar-refractivity contribution in [2.75, 3.05) is 0 Å². The average molecular weight is 248 g/mol. The Bertz CT molecular complexity index is 384. The molecule has 3 nitrogen and oxygen atoms in total. The average Bonchev–Trinajstić information content (AvgIpc) is 2.15. The van der Waals surface area contributed by atoms with Crippen LogP contribution in [0.15, 0.2) is 24.3 Å². The first-order chi connectivity index (χ1) is 7.78. The van der Waals surface area contributed by atoms with Crippen LogP contribution in [0.4, 0.5) is 13.2 Å². The highest BCUT2D eigenvalue weighted by Gasteiger charge is 2.31. The molecule has 0 heterocycles. The molecule has 0 saturated carbocycles. The van der Waals surface area contributed by atoms with E-state index in [0.717, 1.165) is 0 Å². The zero-order chi connectivity index (χ0) is 13.1. The Hall–Kier alpha value is -1.72. The number of rotatable bonds is 4. The Labute approximate surface area is 95.8 Å². The molecule has 0 aliphatic carbocycles. The summed E-state index contributed by atoms with van der Waals surface area (Å²) < 4.78 is 39.3. The molecular formula is C11H11F3O3. The zero-order valence-corrected chi connectivity index (χ0v) is 8.99. The van der Waals surface area contributed by atoms with Crippen LogP contribution in [0.3, 0.4) is 0 Å². The first kappa shape index (κ1) is 13.3. The molecule has 1 unspecified atom stereocenters. The first-order valence-electron chi connectivity index (χ1n) is 4.85. The maximum Gasteiger partial charge on any atom is 0.573 e.